The van der Waals surface area contributed by atoms with E-state index in [4.69, 9.17) is 9.97 Å². The highest BCUT2D eigenvalue weighted by atomic mass is 32.1. The molecule has 0 aliphatic rings. The number of hydrogen-bond donors (Lipinski definition) is 0. The third-order valence-corrected chi connectivity index (χ3v) is 12.2. The molecule has 0 N–H and O–H groups in total. The molecular formula is C48H27N3S. The highest BCUT2D eigenvalue weighted by molar-refractivity contribution is 7.27. The molecule has 12 aromatic rings. The smallest absolute Gasteiger partial charge is 0.165 e. The van der Waals surface area contributed by atoms with Gasteiger partial charge in [0.25, 0.3) is 0 Å². The number of fused-ring (bicyclic) bond motifs is 16. The molecule has 12 rings (SSSR count). The molecule has 4 heteroatoms. The molecule has 0 unspecified atom stereocenters. The summed E-state index contributed by atoms with van der Waals surface area (Å²) in [6.07, 6.45) is 0. The summed E-state index contributed by atoms with van der Waals surface area (Å²) in [7, 11) is 0. The first kappa shape index (κ1) is 28.1. The summed E-state index contributed by atoms with van der Waals surface area (Å²) in [4.78, 5) is 11.2. The zero-order valence-corrected chi connectivity index (χ0v) is 28.7. The van der Waals surface area contributed by atoms with Crippen molar-refractivity contribution in [2.75, 3.05) is 0 Å². The maximum Gasteiger partial charge on any atom is 0.165 e. The van der Waals surface area contributed by atoms with E-state index in [1.807, 2.05) is 11.3 Å². The fraction of sp³-hybridized carbons (Fsp3) is 0. The molecule has 240 valence electrons. The van der Waals surface area contributed by atoms with Gasteiger partial charge in [-0.25, -0.2) is 9.97 Å². The lowest BCUT2D eigenvalue weighted by Crippen LogP contribution is -2.04. The molecule has 52 heavy (non-hydrogen) atoms. The first-order chi connectivity index (χ1) is 25.8. The van der Waals surface area contributed by atoms with E-state index in [2.05, 4.69) is 168 Å². The molecule has 3 aromatic heterocycles. The van der Waals surface area contributed by atoms with Gasteiger partial charge in [0.2, 0.25) is 0 Å². The standard InChI is InChI=1S/C48H27N3S/c1-2-14-31-27-32(22-21-28(31)11-1)43-48(50-44-33-15-5-3-12-29(33)24-26-39(44)49-43)51-40-20-10-9-19-37(40)41-35-17-7-8-18-36(35)42-38-25-23-30-13-4-6-16-34(30)46(38)52-47(42)45(41)51/h1-27H. The number of hydrogen-bond acceptors (Lipinski definition) is 3. The maximum atomic E-state index is 5.70. The van der Waals surface area contributed by atoms with Crippen LogP contribution in [0.15, 0.2) is 164 Å². The van der Waals surface area contributed by atoms with Gasteiger partial charge in [-0.05, 0) is 55.9 Å². The highest BCUT2D eigenvalue weighted by Crippen LogP contribution is 2.49. The molecule has 0 spiro atoms. The zero-order valence-electron chi connectivity index (χ0n) is 27.8. The van der Waals surface area contributed by atoms with E-state index in [1.165, 1.54) is 68.8 Å². The van der Waals surface area contributed by atoms with Crippen LogP contribution in [-0.2, 0) is 0 Å². The summed E-state index contributed by atoms with van der Waals surface area (Å²) in [5, 5.41) is 14.8. The fourth-order valence-corrected chi connectivity index (χ4v) is 9.98. The van der Waals surface area contributed by atoms with Crippen molar-refractivity contribution in [3.05, 3.63) is 164 Å². The van der Waals surface area contributed by atoms with Crippen LogP contribution in [0.1, 0.15) is 0 Å². The van der Waals surface area contributed by atoms with Crippen molar-refractivity contribution >= 4 is 107 Å². The number of benzene rings is 9. The molecule has 3 heterocycles. The van der Waals surface area contributed by atoms with Crippen molar-refractivity contribution in [2.24, 2.45) is 0 Å². The van der Waals surface area contributed by atoms with E-state index in [9.17, 15) is 0 Å². The van der Waals surface area contributed by atoms with Crippen molar-refractivity contribution in [1.82, 2.24) is 14.5 Å². The molecule has 0 aliphatic heterocycles. The molecule has 0 aliphatic carbocycles. The van der Waals surface area contributed by atoms with Crippen molar-refractivity contribution in [3.8, 4) is 17.1 Å². The summed E-state index contributed by atoms with van der Waals surface area (Å²) < 4.78 is 5.00. The second-order valence-corrected chi connectivity index (χ2v) is 14.7. The van der Waals surface area contributed by atoms with Crippen LogP contribution >= 0.6 is 11.3 Å². The molecule has 0 radical (unpaired) electrons. The second kappa shape index (κ2) is 10.5. The lowest BCUT2D eigenvalue weighted by atomic mass is 9.98. The summed E-state index contributed by atoms with van der Waals surface area (Å²) >= 11 is 1.90. The average Bonchev–Trinajstić information content (AvgIpc) is 3.77. The predicted octanol–water partition coefficient (Wildman–Crippen LogP) is 13.4. The van der Waals surface area contributed by atoms with Gasteiger partial charge >= 0.3 is 0 Å². The van der Waals surface area contributed by atoms with Crippen LogP contribution < -0.4 is 0 Å². The molecule has 0 fully saturated rings. The van der Waals surface area contributed by atoms with Crippen LogP contribution in [0.25, 0.3) is 113 Å². The monoisotopic (exact) mass is 677 g/mol. The van der Waals surface area contributed by atoms with E-state index >= 15 is 0 Å². The van der Waals surface area contributed by atoms with E-state index in [-0.39, 0.29) is 0 Å². The quantitative estimate of drug-likeness (QED) is 0.171. The molecule has 0 bridgehead atoms. The van der Waals surface area contributed by atoms with Gasteiger partial charge in [0.15, 0.2) is 5.82 Å². The molecule has 0 atom stereocenters. The van der Waals surface area contributed by atoms with E-state index in [0.717, 1.165) is 44.4 Å². The number of para-hydroxylation sites is 1. The van der Waals surface area contributed by atoms with Crippen molar-refractivity contribution < 1.29 is 0 Å². The Labute approximate surface area is 301 Å². The average molecular weight is 678 g/mol. The highest BCUT2D eigenvalue weighted by Gasteiger charge is 2.25. The Balaban J connectivity index is 1.33. The lowest BCUT2D eigenvalue weighted by molar-refractivity contribution is 1.09. The van der Waals surface area contributed by atoms with Crippen LogP contribution in [0.2, 0.25) is 0 Å². The van der Waals surface area contributed by atoms with Gasteiger partial charge in [-0.3, -0.25) is 4.57 Å². The Bertz CT molecular complexity index is 3480. The Hall–Kier alpha value is -6.62. The normalized spacial score (nSPS) is 12.2. The third-order valence-electron chi connectivity index (χ3n) is 10.9. The Morgan fingerprint density at radius 3 is 1.87 bits per heavy atom. The van der Waals surface area contributed by atoms with E-state index in [1.54, 1.807) is 0 Å². The molecular weight excluding hydrogens is 651 g/mol. The number of rotatable bonds is 2. The topological polar surface area (TPSA) is 30.7 Å². The second-order valence-electron chi connectivity index (χ2n) is 13.7. The van der Waals surface area contributed by atoms with Gasteiger partial charge in [-0.1, -0.05) is 146 Å². The predicted molar refractivity (Wildman–Crippen MR) is 222 cm³/mol. The van der Waals surface area contributed by atoms with Crippen LogP contribution in [0.3, 0.4) is 0 Å². The first-order valence-electron chi connectivity index (χ1n) is 17.7. The summed E-state index contributed by atoms with van der Waals surface area (Å²) in [5.41, 5.74) is 5.99. The van der Waals surface area contributed by atoms with Gasteiger partial charge < -0.3 is 0 Å². The molecule has 9 aromatic carbocycles. The van der Waals surface area contributed by atoms with Crippen LogP contribution in [0.5, 0.6) is 0 Å². The van der Waals surface area contributed by atoms with Gasteiger partial charge in [-0.15, -0.1) is 11.3 Å². The Morgan fingerprint density at radius 1 is 0.423 bits per heavy atom. The molecule has 0 amide bonds. The molecule has 0 saturated heterocycles. The van der Waals surface area contributed by atoms with Gasteiger partial charge in [0.05, 0.1) is 26.8 Å². The summed E-state index contributed by atoms with van der Waals surface area (Å²) in [5.74, 6) is 0.837. The first-order valence-corrected chi connectivity index (χ1v) is 18.5. The van der Waals surface area contributed by atoms with Crippen molar-refractivity contribution in [1.29, 1.82) is 0 Å². The SMILES string of the molecule is c1ccc2cc(-c3nc4ccc5ccccc5c4nc3-n3c4ccccc4c4c5ccccc5c5c6ccc7ccccc7c6sc5c43)ccc2c1. The van der Waals surface area contributed by atoms with Gasteiger partial charge in [0.1, 0.15) is 5.69 Å². The number of nitrogens with zero attached hydrogens (tertiary/aromatic N) is 3. The number of aromatic nitrogens is 3. The van der Waals surface area contributed by atoms with Gasteiger partial charge in [-0.2, -0.15) is 0 Å². The lowest BCUT2D eigenvalue weighted by Gasteiger charge is -2.16. The van der Waals surface area contributed by atoms with Gasteiger partial charge in [0, 0.05) is 37.2 Å². The summed E-state index contributed by atoms with van der Waals surface area (Å²) in [6, 6.07) is 59.1. The van der Waals surface area contributed by atoms with Crippen LogP contribution in [0, 0.1) is 0 Å². The minimum absolute atomic E-state index is 0.837. The Kier molecular flexibility index (Phi) is 5.65. The largest absolute Gasteiger partial charge is 0.290 e. The van der Waals surface area contributed by atoms with Crippen LogP contribution in [0.4, 0.5) is 0 Å². The fourth-order valence-electron chi connectivity index (χ4n) is 8.59. The molecule has 3 nitrogen and oxygen atoms in total. The van der Waals surface area contributed by atoms with E-state index in [0.29, 0.717) is 0 Å². The molecule has 0 saturated carbocycles. The van der Waals surface area contributed by atoms with Crippen molar-refractivity contribution in [2.45, 2.75) is 0 Å². The van der Waals surface area contributed by atoms with Crippen molar-refractivity contribution in [3.63, 3.8) is 0 Å². The van der Waals surface area contributed by atoms with E-state index < -0.39 is 0 Å². The zero-order chi connectivity index (χ0) is 33.9. The summed E-state index contributed by atoms with van der Waals surface area (Å²) in [6.45, 7) is 0. The van der Waals surface area contributed by atoms with Crippen LogP contribution in [-0.4, -0.2) is 14.5 Å². The minimum atomic E-state index is 0.837. The third kappa shape index (κ3) is 3.79. The minimum Gasteiger partial charge on any atom is -0.290 e. The maximum absolute atomic E-state index is 5.70. The Morgan fingerprint density at radius 2 is 1.04 bits per heavy atom. The number of thiophene rings is 1.